The van der Waals surface area contributed by atoms with E-state index in [1.165, 1.54) is 0 Å². The zero-order valence-electron chi connectivity index (χ0n) is 57.7. The first-order valence-corrected chi connectivity index (χ1v) is 54.6. The highest BCUT2D eigenvalue weighted by atomic mass is 127. The van der Waals surface area contributed by atoms with Gasteiger partial charge in [-0.05, 0) is 419 Å². The van der Waals surface area contributed by atoms with Gasteiger partial charge in [0, 0.05) is 98.5 Å². The summed E-state index contributed by atoms with van der Waals surface area (Å²) in [6, 6.07) is 18.0. The monoisotopic (exact) mass is 3440 g/mol. The second kappa shape index (κ2) is 55.8. The number of hydrogen-bond acceptors (Lipinski definition) is 26. The van der Waals surface area contributed by atoms with Crippen LogP contribution in [0.25, 0.3) is 0 Å². The Hall–Kier alpha value is 1.94. The lowest BCUT2D eigenvalue weighted by Gasteiger charge is -2.19. The molecular formula is C60H53F6I15N5O26S5-5. The van der Waals surface area contributed by atoms with Crippen LogP contribution >= 0.6 is 339 Å². The minimum absolute atomic E-state index is 0.0212. The first kappa shape index (κ1) is 117. The molecular weight excluding hydrogens is 3380 g/mol. The number of alkyl halides is 6. The van der Waals surface area contributed by atoms with Crippen molar-refractivity contribution in [1.29, 1.82) is 0 Å². The molecule has 0 heterocycles. The lowest BCUT2D eigenvalue weighted by molar-refractivity contribution is -0.153. The quantitative estimate of drug-likeness (QED) is 0.00478. The highest BCUT2D eigenvalue weighted by Crippen LogP contribution is 2.29. The molecule has 0 aromatic heterocycles. The Morgan fingerprint density at radius 1 is 0.393 bits per heavy atom. The summed E-state index contributed by atoms with van der Waals surface area (Å²) in [6.45, 7) is -3.06. The number of esters is 3. The van der Waals surface area contributed by atoms with Gasteiger partial charge in [0.05, 0.1) is 79.7 Å². The number of halogens is 21. The van der Waals surface area contributed by atoms with Crippen molar-refractivity contribution < 1.29 is 144 Å². The van der Waals surface area contributed by atoms with Crippen LogP contribution in [0.3, 0.4) is 0 Å². The first-order valence-electron chi connectivity index (χ1n) is 30.8. The number of carbonyl (C=O) groups is 8. The normalized spacial score (nSPS) is 12.2. The maximum Gasteiger partial charge on any atom is 0.336 e. The molecule has 0 aliphatic carbocycles. The van der Waals surface area contributed by atoms with Crippen molar-refractivity contribution in [3.63, 3.8) is 0 Å². The van der Waals surface area contributed by atoms with Crippen LogP contribution in [0.5, 0.6) is 0 Å². The largest absolute Gasteiger partial charge is 0.748 e. The average molecular weight is 3440 g/mol. The van der Waals surface area contributed by atoms with Gasteiger partial charge in [-0.3, -0.25) is 38.4 Å². The zero-order chi connectivity index (χ0) is 90.3. The molecule has 5 aromatic rings. The molecule has 0 saturated carbocycles. The Morgan fingerprint density at radius 2 is 0.692 bits per heavy atom. The molecule has 5 rings (SSSR count). The van der Waals surface area contributed by atoms with Crippen molar-refractivity contribution in [1.82, 2.24) is 26.6 Å². The summed E-state index contributed by atoms with van der Waals surface area (Å²) < 4.78 is 260. The van der Waals surface area contributed by atoms with Gasteiger partial charge in [-0.2, -0.15) is 8.78 Å². The number of benzene rings is 5. The second-order valence-corrected chi connectivity index (χ2v) is 47.0. The van der Waals surface area contributed by atoms with Crippen molar-refractivity contribution in [2.75, 3.05) is 69.8 Å². The molecule has 5 aromatic carbocycles. The Labute approximate surface area is 871 Å². The Morgan fingerprint density at radius 3 is 0.983 bits per heavy atom. The summed E-state index contributed by atoms with van der Waals surface area (Å²) in [7, 11) is -24.8. The van der Waals surface area contributed by atoms with Crippen LogP contribution in [0.4, 0.5) is 26.3 Å². The topological polar surface area (TPSA) is 510 Å². The highest BCUT2D eigenvalue weighted by Gasteiger charge is 2.37. The van der Waals surface area contributed by atoms with Gasteiger partial charge in [0.25, 0.3) is 35.5 Å². The van der Waals surface area contributed by atoms with Gasteiger partial charge in [0.15, 0.2) is 22.2 Å². The number of rotatable bonds is 35. The highest BCUT2D eigenvalue weighted by molar-refractivity contribution is 14.1. The number of carbonyl (C=O) groups excluding carboxylic acids is 8. The smallest absolute Gasteiger partial charge is 0.336 e. The second-order valence-electron chi connectivity index (χ2n) is 22.2. The van der Waals surface area contributed by atoms with Crippen molar-refractivity contribution >= 4 is 437 Å². The van der Waals surface area contributed by atoms with Gasteiger partial charge >= 0.3 is 23.2 Å². The van der Waals surface area contributed by atoms with E-state index >= 15 is 0 Å². The van der Waals surface area contributed by atoms with E-state index in [0.717, 1.165) is 50.0 Å². The number of hydrogen-bond donors (Lipinski definition) is 5. The Kier molecular flexibility index (Phi) is 55.8. The molecule has 0 bridgehead atoms. The van der Waals surface area contributed by atoms with E-state index in [1.807, 2.05) is 121 Å². The number of ether oxygens (including phenoxy) is 3. The van der Waals surface area contributed by atoms with Crippen LogP contribution in [0.15, 0.2) is 60.7 Å². The fraction of sp³-hybridized carbons (Fsp3) is 0.367. The van der Waals surface area contributed by atoms with Gasteiger partial charge in [-0.25, -0.2) is 59.7 Å². The summed E-state index contributed by atoms with van der Waals surface area (Å²) in [5.41, 5.74) is -0.161. The zero-order valence-corrected chi connectivity index (χ0v) is 94.2. The number of amides is 5. The molecule has 0 aliphatic heterocycles. The summed E-state index contributed by atoms with van der Waals surface area (Å²) in [5, 5.41) is 8.06. The maximum absolute atomic E-state index is 13.1. The third-order valence-electron chi connectivity index (χ3n) is 12.8. The molecule has 656 valence electrons. The van der Waals surface area contributed by atoms with Gasteiger partial charge in [-0.1, -0.05) is 0 Å². The minimum Gasteiger partial charge on any atom is -0.748 e. The lowest BCUT2D eigenvalue weighted by atomic mass is 10.2. The van der Waals surface area contributed by atoms with Gasteiger partial charge < -0.3 is 63.6 Å². The third kappa shape index (κ3) is 49.5. The summed E-state index contributed by atoms with van der Waals surface area (Å²) >= 11 is 31.1. The fourth-order valence-electron chi connectivity index (χ4n) is 7.55. The average Bonchev–Trinajstić information content (AvgIpc) is 0.849. The van der Waals surface area contributed by atoms with Crippen LogP contribution in [0.2, 0.25) is 0 Å². The molecule has 5 amide bonds. The number of nitrogens with one attached hydrogen (secondary N) is 5. The summed E-state index contributed by atoms with van der Waals surface area (Å²) in [5.74, 6) is -12.1. The van der Waals surface area contributed by atoms with Crippen molar-refractivity contribution in [3.8, 4) is 0 Å². The van der Waals surface area contributed by atoms with Crippen LogP contribution in [-0.2, 0) is 79.2 Å². The molecule has 31 nitrogen and oxygen atoms in total. The van der Waals surface area contributed by atoms with Gasteiger partial charge in [0.2, 0.25) is 0 Å². The molecule has 57 heteroatoms. The predicted molar refractivity (Wildman–Crippen MR) is 533 cm³/mol. The van der Waals surface area contributed by atoms with E-state index in [1.54, 1.807) is 30.3 Å². The van der Waals surface area contributed by atoms with Crippen LogP contribution in [-0.4, -0.2) is 205 Å². The molecule has 117 heavy (non-hydrogen) atoms. The fourth-order valence-corrected chi connectivity index (χ4v) is 22.0. The van der Waals surface area contributed by atoms with Gasteiger partial charge in [0.1, 0.15) is 38.8 Å². The van der Waals surface area contributed by atoms with E-state index < -0.39 is 153 Å². The standard InChI is InChI=1S/C13H12F2I3NO6S.C13H13FI3NO6S.C13H14I3NO6S.C11H11FI3NO4S.C10H8F2I3NO4S/c14-13(15,6-26(22,23)24)5-25-10(20)1-2-19-12(21)8-3-7(16)4-9(17)11(8)18;14-7(6-25(21,22)23)5-24-11(19)1-2-18-13(20)9-3-8(15)4-10(16)12(9)17;14-8-6-9(12(16)10(15)7-8)13(19)17-3-2-11(18)23-4-1-5-24(20,21)22;12-9(21(18,19)20)2-1-3-16-11(17)7-4-6(13)5-8(14)10(7)15;11-10(12,21(18,19)20)1-2-16-9(17)6-3-5(13)4-7(14)8(6)15/h3-4H,1-2,5-6H2,(H,19,21)(H,22,23,24);3-4,7H,1-2,5-6H2,(H,18,20)(H,21,22,23);6-7H,1-5H2,(H,17,19)(H,20,21,22);4-5,9H,1-3H2,(H,16,17)(H,18,19,20);3-4H,1-2H2,(H,16,17)(H,18,19,20)/p-5. The Balaban J connectivity index is 0.000000733. The van der Waals surface area contributed by atoms with E-state index in [0.29, 0.717) is 31.4 Å². The minimum atomic E-state index is -5.73. The van der Waals surface area contributed by atoms with Crippen molar-refractivity contribution in [3.05, 3.63) is 142 Å². The maximum atomic E-state index is 13.1. The molecule has 0 fully saturated rings. The van der Waals surface area contributed by atoms with Crippen LogP contribution in [0, 0.1) is 53.6 Å². The SMILES string of the molecule is O=C(CCNC(=O)c1cc(I)cc(I)c1I)OCC(F)(F)CS(=O)(=O)[O-].O=C(CCNC(=O)c1cc(I)cc(I)c1I)OCC(F)CS(=O)(=O)[O-].O=C(CCNC(=O)c1cc(I)cc(I)c1I)OCCCS(=O)(=O)[O-].O=C(NCCC(F)(F)S(=O)(=O)[O-])c1cc(I)cc(I)c1I.O=C(NCCCC(F)S(=O)(=O)[O-])c1cc(I)cc(I)c1I. The molecule has 0 spiro atoms. The summed E-state index contributed by atoms with van der Waals surface area (Å²) in [6.07, 6.45) is -4.35. The molecule has 0 aliphatic rings. The third-order valence-corrected chi connectivity index (χ3v) is 35.2. The van der Waals surface area contributed by atoms with Crippen LogP contribution in [0.1, 0.15) is 96.7 Å². The van der Waals surface area contributed by atoms with E-state index in [4.69, 9.17) is 4.74 Å². The molecule has 0 saturated heterocycles. The van der Waals surface area contributed by atoms with E-state index in [2.05, 4.69) is 285 Å². The molecule has 2 unspecified atom stereocenters. The van der Waals surface area contributed by atoms with E-state index in [-0.39, 0.29) is 82.6 Å². The summed E-state index contributed by atoms with van der Waals surface area (Å²) in [4.78, 5) is 94.6. The molecule has 0 radical (unpaired) electrons. The lowest BCUT2D eigenvalue weighted by Crippen LogP contribution is -2.35. The van der Waals surface area contributed by atoms with Crippen molar-refractivity contribution in [2.45, 2.75) is 67.8 Å². The predicted octanol–water partition coefficient (Wildman–Crippen LogP) is 12.1. The van der Waals surface area contributed by atoms with Gasteiger partial charge in [-0.15, -0.1) is 0 Å². The molecule has 2 atom stereocenters. The van der Waals surface area contributed by atoms with E-state index in [9.17, 15) is 130 Å². The first-order chi connectivity index (χ1) is 53.5. The van der Waals surface area contributed by atoms with Crippen molar-refractivity contribution in [2.24, 2.45) is 0 Å². The van der Waals surface area contributed by atoms with Crippen LogP contribution < -0.4 is 26.6 Å². The Bertz CT molecular complexity index is 5010. The molecule has 5 N–H and O–H groups in total.